The van der Waals surface area contributed by atoms with Gasteiger partial charge in [0, 0.05) is 15.7 Å². The SMILES string of the molecule is Cc1ccccc1OCC(O)CNC(=O)c1ccc(I)cc1. The molecule has 5 heteroatoms. The van der Waals surface area contributed by atoms with Gasteiger partial charge in [-0.3, -0.25) is 4.79 Å². The molecule has 0 spiro atoms. The normalized spacial score (nSPS) is 11.8. The van der Waals surface area contributed by atoms with Gasteiger partial charge in [0.05, 0.1) is 0 Å². The topological polar surface area (TPSA) is 58.6 Å². The summed E-state index contributed by atoms with van der Waals surface area (Å²) in [6.07, 6.45) is -0.757. The molecule has 4 nitrogen and oxygen atoms in total. The third kappa shape index (κ3) is 4.99. The molecule has 22 heavy (non-hydrogen) atoms. The lowest BCUT2D eigenvalue weighted by Gasteiger charge is -2.14. The molecule has 2 rings (SSSR count). The van der Waals surface area contributed by atoms with E-state index in [4.69, 9.17) is 4.74 Å². The van der Waals surface area contributed by atoms with E-state index in [0.717, 1.165) is 14.9 Å². The number of aryl methyl sites for hydroxylation is 1. The van der Waals surface area contributed by atoms with E-state index in [1.54, 1.807) is 12.1 Å². The molecule has 0 saturated carbocycles. The number of nitrogens with one attached hydrogen (secondary N) is 1. The number of carbonyl (C=O) groups excluding carboxylic acids is 1. The second-order valence-corrected chi connectivity index (χ2v) is 6.19. The summed E-state index contributed by atoms with van der Waals surface area (Å²) in [6, 6.07) is 14.9. The van der Waals surface area contributed by atoms with E-state index in [0.29, 0.717) is 5.56 Å². The molecular formula is C17H18INO3. The first-order valence-corrected chi connectivity index (χ1v) is 8.04. The second-order valence-electron chi connectivity index (χ2n) is 4.95. The maximum Gasteiger partial charge on any atom is 0.251 e. The van der Waals surface area contributed by atoms with Crippen LogP contribution in [0.15, 0.2) is 48.5 Å². The van der Waals surface area contributed by atoms with Crippen LogP contribution in [0.2, 0.25) is 0 Å². The van der Waals surface area contributed by atoms with Crippen molar-refractivity contribution >= 4 is 28.5 Å². The Kier molecular flexibility index (Phi) is 6.21. The summed E-state index contributed by atoms with van der Waals surface area (Å²) in [4.78, 5) is 11.9. The minimum absolute atomic E-state index is 0.137. The predicted molar refractivity (Wildman–Crippen MR) is 94.2 cm³/mol. The third-order valence-electron chi connectivity index (χ3n) is 3.13. The lowest BCUT2D eigenvalue weighted by Crippen LogP contribution is -2.35. The van der Waals surface area contributed by atoms with Crippen molar-refractivity contribution in [3.63, 3.8) is 0 Å². The number of hydrogen-bond donors (Lipinski definition) is 2. The van der Waals surface area contributed by atoms with Crippen molar-refractivity contribution in [2.75, 3.05) is 13.2 Å². The first kappa shape index (κ1) is 16.8. The van der Waals surface area contributed by atoms with Crippen molar-refractivity contribution in [3.05, 3.63) is 63.2 Å². The Morgan fingerprint density at radius 2 is 1.91 bits per heavy atom. The number of amides is 1. The molecule has 0 aromatic heterocycles. The van der Waals surface area contributed by atoms with Crippen LogP contribution < -0.4 is 10.1 Å². The first-order valence-electron chi connectivity index (χ1n) is 6.96. The van der Waals surface area contributed by atoms with E-state index >= 15 is 0 Å². The molecule has 1 atom stereocenters. The smallest absolute Gasteiger partial charge is 0.251 e. The summed E-state index contributed by atoms with van der Waals surface area (Å²) in [5.74, 6) is 0.539. The summed E-state index contributed by atoms with van der Waals surface area (Å²) in [6.45, 7) is 2.23. The number of para-hydroxylation sites is 1. The van der Waals surface area contributed by atoms with Crippen LogP contribution in [0.1, 0.15) is 15.9 Å². The Balaban J connectivity index is 1.78. The van der Waals surface area contributed by atoms with E-state index in [1.165, 1.54) is 0 Å². The standard InChI is InChI=1S/C17H18INO3/c1-12-4-2-3-5-16(12)22-11-15(20)10-19-17(21)13-6-8-14(18)9-7-13/h2-9,15,20H,10-11H2,1H3,(H,19,21). The first-order chi connectivity index (χ1) is 10.6. The highest BCUT2D eigenvalue weighted by Crippen LogP contribution is 2.16. The maximum absolute atomic E-state index is 11.9. The molecule has 0 heterocycles. The van der Waals surface area contributed by atoms with Gasteiger partial charge in [0.1, 0.15) is 18.5 Å². The number of benzene rings is 2. The van der Waals surface area contributed by atoms with Crippen LogP contribution in [0.4, 0.5) is 0 Å². The van der Waals surface area contributed by atoms with Crippen LogP contribution in [0, 0.1) is 10.5 Å². The van der Waals surface area contributed by atoms with Crippen LogP contribution in [0.5, 0.6) is 5.75 Å². The minimum atomic E-state index is -0.757. The lowest BCUT2D eigenvalue weighted by molar-refractivity contribution is 0.0842. The molecule has 0 bridgehead atoms. The van der Waals surface area contributed by atoms with Crippen molar-refractivity contribution in [2.24, 2.45) is 0 Å². The van der Waals surface area contributed by atoms with Crippen LogP contribution in [-0.4, -0.2) is 30.3 Å². The van der Waals surface area contributed by atoms with E-state index in [9.17, 15) is 9.90 Å². The molecule has 1 amide bonds. The minimum Gasteiger partial charge on any atom is -0.491 e. The van der Waals surface area contributed by atoms with E-state index in [2.05, 4.69) is 27.9 Å². The van der Waals surface area contributed by atoms with Gasteiger partial charge in [-0.05, 0) is 65.4 Å². The van der Waals surface area contributed by atoms with Gasteiger partial charge in [0.15, 0.2) is 0 Å². The highest BCUT2D eigenvalue weighted by molar-refractivity contribution is 14.1. The van der Waals surface area contributed by atoms with Gasteiger partial charge in [0.2, 0.25) is 0 Å². The summed E-state index contributed by atoms with van der Waals surface area (Å²) in [7, 11) is 0. The fourth-order valence-electron chi connectivity index (χ4n) is 1.88. The summed E-state index contributed by atoms with van der Waals surface area (Å²) < 4.78 is 6.62. The van der Waals surface area contributed by atoms with Crippen LogP contribution in [0.25, 0.3) is 0 Å². The average molecular weight is 411 g/mol. The summed E-state index contributed by atoms with van der Waals surface area (Å²) in [5, 5.41) is 12.6. The maximum atomic E-state index is 11.9. The fraction of sp³-hybridized carbons (Fsp3) is 0.235. The Morgan fingerprint density at radius 1 is 1.23 bits per heavy atom. The molecule has 2 N–H and O–H groups in total. The zero-order valence-corrected chi connectivity index (χ0v) is 14.4. The zero-order chi connectivity index (χ0) is 15.9. The van der Waals surface area contributed by atoms with Crippen molar-refractivity contribution in [3.8, 4) is 5.75 Å². The Labute approximate surface area is 143 Å². The molecule has 1 unspecified atom stereocenters. The number of carbonyl (C=O) groups is 1. The van der Waals surface area contributed by atoms with Crippen molar-refractivity contribution in [1.29, 1.82) is 0 Å². The Hall–Kier alpha value is -1.60. The molecule has 0 aliphatic carbocycles. The highest BCUT2D eigenvalue weighted by Gasteiger charge is 2.10. The number of halogens is 1. The number of ether oxygens (including phenoxy) is 1. The van der Waals surface area contributed by atoms with Crippen LogP contribution in [-0.2, 0) is 0 Å². The van der Waals surface area contributed by atoms with E-state index in [-0.39, 0.29) is 19.1 Å². The summed E-state index contributed by atoms with van der Waals surface area (Å²) >= 11 is 2.18. The van der Waals surface area contributed by atoms with Gasteiger partial charge in [-0.15, -0.1) is 0 Å². The molecule has 0 fully saturated rings. The quantitative estimate of drug-likeness (QED) is 0.719. The summed E-state index contributed by atoms with van der Waals surface area (Å²) in [5.41, 5.74) is 1.59. The number of aliphatic hydroxyl groups excluding tert-OH is 1. The third-order valence-corrected chi connectivity index (χ3v) is 3.85. The van der Waals surface area contributed by atoms with Crippen molar-refractivity contribution in [2.45, 2.75) is 13.0 Å². The molecule has 0 aliphatic rings. The number of hydrogen-bond acceptors (Lipinski definition) is 3. The largest absolute Gasteiger partial charge is 0.491 e. The molecule has 0 radical (unpaired) electrons. The zero-order valence-electron chi connectivity index (χ0n) is 12.3. The van der Waals surface area contributed by atoms with Gasteiger partial charge in [-0.2, -0.15) is 0 Å². The lowest BCUT2D eigenvalue weighted by atomic mass is 10.2. The molecule has 116 valence electrons. The van der Waals surface area contributed by atoms with E-state index in [1.807, 2.05) is 43.3 Å². The molecular weight excluding hydrogens is 393 g/mol. The highest BCUT2D eigenvalue weighted by atomic mass is 127. The monoisotopic (exact) mass is 411 g/mol. The van der Waals surface area contributed by atoms with Crippen molar-refractivity contribution < 1.29 is 14.6 Å². The second kappa shape index (κ2) is 8.14. The van der Waals surface area contributed by atoms with Crippen LogP contribution in [0.3, 0.4) is 0 Å². The average Bonchev–Trinajstić information content (AvgIpc) is 2.52. The Morgan fingerprint density at radius 3 is 2.59 bits per heavy atom. The van der Waals surface area contributed by atoms with Gasteiger partial charge in [-0.25, -0.2) is 0 Å². The van der Waals surface area contributed by atoms with E-state index < -0.39 is 6.10 Å². The van der Waals surface area contributed by atoms with Gasteiger partial charge < -0.3 is 15.2 Å². The van der Waals surface area contributed by atoms with Gasteiger partial charge >= 0.3 is 0 Å². The van der Waals surface area contributed by atoms with Crippen LogP contribution >= 0.6 is 22.6 Å². The predicted octanol–water partition coefficient (Wildman–Crippen LogP) is 2.77. The number of rotatable bonds is 6. The van der Waals surface area contributed by atoms with Gasteiger partial charge in [-0.1, -0.05) is 18.2 Å². The molecule has 0 aliphatic heterocycles. The van der Waals surface area contributed by atoms with Gasteiger partial charge in [0.25, 0.3) is 5.91 Å². The fourth-order valence-corrected chi connectivity index (χ4v) is 2.24. The molecule has 2 aromatic rings. The van der Waals surface area contributed by atoms with Crippen molar-refractivity contribution in [1.82, 2.24) is 5.32 Å². The molecule has 0 saturated heterocycles. The molecule has 2 aromatic carbocycles. The Bertz CT molecular complexity index is 628. The number of aliphatic hydroxyl groups is 1.